The van der Waals surface area contributed by atoms with Crippen LogP contribution >= 0.6 is 0 Å². The monoisotopic (exact) mass is 486 g/mol. The lowest BCUT2D eigenvalue weighted by Crippen LogP contribution is -2.46. The number of fused-ring (bicyclic) bond motifs is 1. The first-order valence-electron chi connectivity index (χ1n) is 11.9. The van der Waals surface area contributed by atoms with Crippen LogP contribution < -0.4 is 14.9 Å². The normalized spacial score (nSPS) is 19.0. The molecule has 0 radical (unpaired) electrons. The Hall–Kier alpha value is -2.46. The SMILES string of the molecule is CCN1CCN(c2ccc(NC(=O)COC)cc2S(=O)(=O)NC2CCCc3ccccc32)CC1. The number of piperazine rings is 1. The topological polar surface area (TPSA) is 91.0 Å². The van der Waals surface area contributed by atoms with Gasteiger partial charge in [-0.2, -0.15) is 0 Å². The van der Waals surface area contributed by atoms with Crippen LogP contribution in [0.2, 0.25) is 0 Å². The minimum Gasteiger partial charge on any atom is -0.375 e. The van der Waals surface area contributed by atoms with E-state index in [0.717, 1.165) is 57.5 Å². The lowest BCUT2D eigenvalue weighted by atomic mass is 9.88. The third kappa shape index (κ3) is 5.60. The van der Waals surface area contributed by atoms with Gasteiger partial charge in [-0.1, -0.05) is 31.2 Å². The Kier molecular flexibility index (Phi) is 7.88. The van der Waals surface area contributed by atoms with Crippen LogP contribution in [-0.2, 0) is 26.0 Å². The fourth-order valence-corrected chi connectivity index (χ4v) is 6.33. The van der Waals surface area contributed by atoms with Crippen molar-refractivity contribution in [1.82, 2.24) is 9.62 Å². The highest BCUT2D eigenvalue weighted by Crippen LogP contribution is 2.34. The van der Waals surface area contributed by atoms with E-state index in [4.69, 9.17) is 4.74 Å². The maximum absolute atomic E-state index is 13.8. The first-order valence-corrected chi connectivity index (χ1v) is 13.4. The van der Waals surface area contributed by atoms with Gasteiger partial charge in [0.1, 0.15) is 11.5 Å². The molecule has 1 amide bonds. The van der Waals surface area contributed by atoms with E-state index >= 15 is 0 Å². The molecule has 8 nitrogen and oxygen atoms in total. The average Bonchev–Trinajstić information content (AvgIpc) is 2.84. The summed E-state index contributed by atoms with van der Waals surface area (Å²) >= 11 is 0. The number of carbonyl (C=O) groups excluding carboxylic acids is 1. The van der Waals surface area contributed by atoms with Crippen molar-refractivity contribution < 1.29 is 17.9 Å². The number of benzene rings is 2. The summed E-state index contributed by atoms with van der Waals surface area (Å²) in [4.78, 5) is 16.7. The fourth-order valence-electron chi connectivity index (χ4n) is 4.83. The number of hydrogen-bond acceptors (Lipinski definition) is 6. The summed E-state index contributed by atoms with van der Waals surface area (Å²) in [5.74, 6) is -0.329. The molecule has 34 heavy (non-hydrogen) atoms. The fraction of sp³-hybridized carbons (Fsp3) is 0.480. The largest absolute Gasteiger partial charge is 0.375 e. The van der Waals surface area contributed by atoms with Crippen LogP contribution in [0.25, 0.3) is 0 Å². The summed E-state index contributed by atoms with van der Waals surface area (Å²) in [6, 6.07) is 12.9. The highest BCUT2D eigenvalue weighted by molar-refractivity contribution is 7.89. The highest BCUT2D eigenvalue weighted by Gasteiger charge is 2.30. The van der Waals surface area contributed by atoms with Crippen molar-refractivity contribution in [3.63, 3.8) is 0 Å². The molecule has 1 heterocycles. The van der Waals surface area contributed by atoms with Gasteiger partial charge in [-0.05, 0) is 55.1 Å². The second-order valence-electron chi connectivity index (χ2n) is 8.85. The first-order chi connectivity index (χ1) is 16.4. The molecular weight excluding hydrogens is 452 g/mol. The van der Waals surface area contributed by atoms with E-state index in [1.54, 1.807) is 18.2 Å². The quantitative estimate of drug-likeness (QED) is 0.596. The molecule has 0 spiro atoms. The van der Waals surface area contributed by atoms with Gasteiger partial charge in [0.15, 0.2) is 0 Å². The number of rotatable bonds is 8. The molecule has 1 fully saturated rings. The zero-order valence-corrected chi connectivity index (χ0v) is 20.7. The molecular formula is C25H34N4O4S. The van der Waals surface area contributed by atoms with E-state index in [2.05, 4.69) is 32.8 Å². The van der Waals surface area contributed by atoms with Gasteiger partial charge in [-0.25, -0.2) is 13.1 Å². The Morgan fingerprint density at radius 3 is 2.62 bits per heavy atom. The van der Waals surface area contributed by atoms with Gasteiger partial charge < -0.3 is 19.9 Å². The zero-order chi connectivity index (χ0) is 24.1. The lowest BCUT2D eigenvalue weighted by molar-refractivity contribution is -0.119. The van der Waals surface area contributed by atoms with Crippen molar-refractivity contribution >= 4 is 27.3 Å². The lowest BCUT2D eigenvalue weighted by Gasteiger charge is -2.36. The summed E-state index contributed by atoms with van der Waals surface area (Å²) in [7, 11) is -2.42. The van der Waals surface area contributed by atoms with Gasteiger partial charge in [0.2, 0.25) is 15.9 Å². The second-order valence-corrected chi connectivity index (χ2v) is 10.5. The van der Waals surface area contributed by atoms with Crippen LogP contribution in [0.1, 0.15) is 36.9 Å². The molecule has 1 aliphatic carbocycles. The predicted octanol–water partition coefficient (Wildman–Crippen LogP) is 2.77. The number of likely N-dealkylation sites (N-methyl/N-ethyl adjacent to an activating group) is 1. The molecule has 1 unspecified atom stereocenters. The van der Waals surface area contributed by atoms with Gasteiger partial charge >= 0.3 is 0 Å². The molecule has 1 atom stereocenters. The van der Waals surface area contributed by atoms with Crippen molar-refractivity contribution in [2.45, 2.75) is 37.1 Å². The van der Waals surface area contributed by atoms with Crippen LogP contribution in [0.5, 0.6) is 0 Å². The minimum absolute atomic E-state index is 0.0973. The van der Waals surface area contributed by atoms with E-state index < -0.39 is 10.0 Å². The predicted molar refractivity (Wildman–Crippen MR) is 134 cm³/mol. The maximum atomic E-state index is 13.8. The first kappa shape index (κ1) is 24.7. The van der Waals surface area contributed by atoms with Crippen LogP contribution in [0, 0.1) is 0 Å². The molecule has 2 N–H and O–H groups in total. The minimum atomic E-state index is -3.86. The number of anilines is 2. The highest BCUT2D eigenvalue weighted by atomic mass is 32.2. The Morgan fingerprint density at radius 2 is 1.88 bits per heavy atom. The van der Waals surface area contributed by atoms with E-state index in [-0.39, 0.29) is 23.5 Å². The molecule has 0 saturated carbocycles. The Morgan fingerprint density at radius 1 is 1.12 bits per heavy atom. The van der Waals surface area contributed by atoms with Crippen LogP contribution in [0.3, 0.4) is 0 Å². The second kappa shape index (κ2) is 10.9. The van der Waals surface area contributed by atoms with Crippen molar-refractivity contribution in [2.24, 2.45) is 0 Å². The number of carbonyl (C=O) groups is 1. The standard InChI is InChI=1S/C25H34N4O4S/c1-3-28-13-15-29(16-14-28)23-12-11-20(26-25(30)18-33-2)17-24(23)34(31,32)27-22-10-6-8-19-7-4-5-9-21(19)22/h4-5,7,9,11-12,17,22,27H,3,6,8,10,13-16,18H2,1-2H3,(H,26,30). The van der Waals surface area contributed by atoms with Crippen molar-refractivity contribution in [2.75, 3.05) is 56.7 Å². The Balaban J connectivity index is 1.66. The molecule has 4 rings (SSSR count). The molecule has 1 aliphatic heterocycles. The molecule has 2 aromatic carbocycles. The number of nitrogens with zero attached hydrogens (tertiary/aromatic N) is 2. The van der Waals surface area contributed by atoms with Crippen LogP contribution in [-0.4, -0.2) is 65.7 Å². The number of ether oxygens (including phenoxy) is 1. The summed E-state index contributed by atoms with van der Waals surface area (Å²) < 4.78 is 35.4. The summed E-state index contributed by atoms with van der Waals surface area (Å²) in [6.45, 7) is 6.27. The Labute approximate surface area is 202 Å². The number of hydrogen-bond donors (Lipinski definition) is 2. The van der Waals surface area contributed by atoms with E-state index in [9.17, 15) is 13.2 Å². The van der Waals surface area contributed by atoms with E-state index in [1.807, 2.05) is 18.2 Å². The van der Waals surface area contributed by atoms with Gasteiger partial charge in [0.05, 0.1) is 5.69 Å². The van der Waals surface area contributed by atoms with Gasteiger partial charge in [-0.3, -0.25) is 4.79 Å². The van der Waals surface area contributed by atoms with Crippen molar-refractivity contribution in [3.8, 4) is 0 Å². The van der Waals surface area contributed by atoms with Crippen LogP contribution in [0.4, 0.5) is 11.4 Å². The van der Waals surface area contributed by atoms with E-state index in [0.29, 0.717) is 11.4 Å². The third-order valence-corrected chi connectivity index (χ3v) is 8.14. The number of methoxy groups -OCH3 is 1. The maximum Gasteiger partial charge on any atom is 0.250 e. The number of aryl methyl sites for hydroxylation is 1. The van der Waals surface area contributed by atoms with Gasteiger partial charge in [0, 0.05) is 45.0 Å². The van der Waals surface area contributed by atoms with E-state index in [1.165, 1.54) is 12.7 Å². The van der Waals surface area contributed by atoms with Gasteiger partial charge in [-0.15, -0.1) is 0 Å². The van der Waals surface area contributed by atoms with Gasteiger partial charge in [0.25, 0.3) is 0 Å². The summed E-state index contributed by atoms with van der Waals surface area (Å²) in [6.07, 6.45) is 2.65. The molecule has 2 aromatic rings. The van der Waals surface area contributed by atoms with Crippen LogP contribution in [0.15, 0.2) is 47.4 Å². The smallest absolute Gasteiger partial charge is 0.250 e. The zero-order valence-electron chi connectivity index (χ0n) is 19.9. The molecule has 1 saturated heterocycles. The molecule has 9 heteroatoms. The van der Waals surface area contributed by atoms with Crippen molar-refractivity contribution in [1.29, 1.82) is 0 Å². The number of nitrogens with one attached hydrogen (secondary N) is 2. The number of amides is 1. The Bertz CT molecular complexity index is 1110. The molecule has 2 aliphatic rings. The summed E-state index contributed by atoms with van der Waals surface area (Å²) in [5, 5.41) is 2.74. The summed E-state index contributed by atoms with van der Waals surface area (Å²) in [5.41, 5.74) is 3.33. The molecule has 0 bridgehead atoms. The molecule has 184 valence electrons. The average molecular weight is 487 g/mol. The van der Waals surface area contributed by atoms with Crippen molar-refractivity contribution in [3.05, 3.63) is 53.6 Å². The third-order valence-electron chi connectivity index (χ3n) is 6.64. The molecule has 0 aromatic heterocycles. The number of sulfonamides is 1.